The topological polar surface area (TPSA) is 12.9 Å². The van der Waals surface area contributed by atoms with Crippen molar-refractivity contribution in [1.82, 2.24) is 4.98 Å². The van der Waals surface area contributed by atoms with Crippen LogP contribution in [0, 0.1) is 12.3 Å². The summed E-state index contributed by atoms with van der Waals surface area (Å²) in [5.41, 5.74) is 0. The quantitative estimate of drug-likeness (QED) is 0.566. The van der Waals surface area contributed by atoms with Crippen molar-refractivity contribution in [3.8, 4) is 12.3 Å². The van der Waals surface area contributed by atoms with E-state index in [0.717, 1.165) is 8.79 Å². The average Bonchev–Trinajstić information content (AvgIpc) is 2.14. The summed E-state index contributed by atoms with van der Waals surface area (Å²) < 4.78 is 0.977. The summed E-state index contributed by atoms with van der Waals surface area (Å²) in [6.07, 6.45) is 6.73. The maximum Gasteiger partial charge on any atom is 0.167 e. The van der Waals surface area contributed by atoms with Gasteiger partial charge in [-0.25, -0.2) is 4.98 Å². The van der Waals surface area contributed by atoms with Crippen LogP contribution >= 0.6 is 27.3 Å². The standard InChI is InChI=1S/C5H2BrNS/c1-2-5-7-3-4(6)8-5/h1,3H. The third-order valence-corrected chi connectivity index (χ3v) is 2.01. The molecule has 40 valence electrons. The molecule has 1 rings (SSSR count). The van der Waals surface area contributed by atoms with Crippen LogP contribution in [0.25, 0.3) is 0 Å². The molecule has 0 spiro atoms. The summed E-state index contributed by atoms with van der Waals surface area (Å²) in [6.45, 7) is 0. The number of aromatic nitrogens is 1. The van der Waals surface area contributed by atoms with Crippen LogP contribution in [-0.2, 0) is 0 Å². The molecule has 1 aromatic rings. The van der Waals surface area contributed by atoms with Gasteiger partial charge in [-0.2, -0.15) is 0 Å². The molecule has 0 saturated carbocycles. The Kier molecular flexibility index (Phi) is 1.66. The molecule has 0 radical (unpaired) electrons. The number of terminal acetylenes is 1. The lowest BCUT2D eigenvalue weighted by atomic mass is 10.7. The van der Waals surface area contributed by atoms with Gasteiger partial charge in [0.25, 0.3) is 0 Å². The molecule has 0 aliphatic heterocycles. The lowest BCUT2D eigenvalue weighted by Crippen LogP contribution is -1.61. The normalized spacial score (nSPS) is 8.50. The monoisotopic (exact) mass is 187 g/mol. The number of thiazole rings is 1. The zero-order valence-corrected chi connectivity index (χ0v) is 6.29. The highest BCUT2D eigenvalue weighted by molar-refractivity contribution is 9.11. The van der Waals surface area contributed by atoms with E-state index in [1.165, 1.54) is 11.3 Å². The van der Waals surface area contributed by atoms with Crippen LogP contribution in [0.5, 0.6) is 0 Å². The Morgan fingerprint density at radius 3 is 2.88 bits per heavy atom. The summed E-state index contributed by atoms with van der Waals surface area (Å²) in [7, 11) is 0. The van der Waals surface area contributed by atoms with Crippen molar-refractivity contribution in [2.45, 2.75) is 0 Å². The van der Waals surface area contributed by atoms with Gasteiger partial charge in [0.1, 0.15) is 0 Å². The molecule has 3 heteroatoms. The molecule has 0 amide bonds. The SMILES string of the molecule is C#Cc1ncc(Br)s1. The van der Waals surface area contributed by atoms with Crippen molar-refractivity contribution in [2.24, 2.45) is 0 Å². The predicted molar refractivity (Wildman–Crippen MR) is 37.7 cm³/mol. The molecule has 1 nitrogen and oxygen atoms in total. The van der Waals surface area contributed by atoms with E-state index < -0.39 is 0 Å². The Hall–Kier alpha value is -0.330. The molecule has 0 aliphatic carbocycles. The number of halogens is 1. The van der Waals surface area contributed by atoms with Crippen LogP contribution in [0.1, 0.15) is 5.01 Å². The molecule has 8 heavy (non-hydrogen) atoms. The second-order valence-electron chi connectivity index (χ2n) is 1.11. The van der Waals surface area contributed by atoms with Gasteiger partial charge < -0.3 is 0 Å². The zero-order valence-electron chi connectivity index (χ0n) is 3.89. The van der Waals surface area contributed by atoms with E-state index >= 15 is 0 Å². The van der Waals surface area contributed by atoms with Gasteiger partial charge in [-0.3, -0.25) is 0 Å². The van der Waals surface area contributed by atoms with Gasteiger partial charge in [0.2, 0.25) is 0 Å². The second kappa shape index (κ2) is 2.29. The van der Waals surface area contributed by atoms with Crippen molar-refractivity contribution < 1.29 is 0 Å². The lowest BCUT2D eigenvalue weighted by Gasteiger charge is -1.67. The smallest absolute Gasteiger partial charge is 0.167 e. The molecule has 1 heterocycles. The first-order chi connectivity index (χ1) is 3.83. The van der Waals surface area contributed by atoms with Crippen molar-refractivity contribution >= 4 is 27.3 Å². The summed E-state index contributed by atoms with van der Waals surface area (Å²) >= 11 is 4.69. The molecule has 1 aromatic heterocycles. The Morgan fingerprint density at radius 1 is 1.88 bits per heavy atom. The van der Waals surface area contributed by atoms with Crippen LogP contribution in [0.15, 0.2) is 9.98 Å². The van der Waals surface area contributed by atoms with Crippen LogP contribution in [0.2, 0.25) is 0 Å². The molecule has 0 atom stereocenters. The summed E-state index contributed by atoms with van der Waals surface area (Å²) in [4.78, 5) is 3.87. The van der Waals surface area contributed by atoms with E-state index in [0.29, 0.717) is 0 Å². The van der Waals surface area contributed by atoms with E-state index in [1.807, 2.05) is 0 Å². The van der Waals surface area contributed by atoms with E-state index in [9.17, 15) is 0 Å². The van der Waals surface area contributed by atoms with Crippen LogP contribution in [0.4, 0.5) is 0 Å². The van der Waals surface area contributed by atoms with E-state index in [1.54, 1.807) is 6.20 Å². The van der Waals surface area contributed by atoms with E-state index in [-0.39, 0.29) is 0 Å². The molecule has 0 saturated heterocycles. The van der Waals surface area contributed by atoms with Crippen molar-refractivity contribution in [1.29, 1.82) is 0 Å². The Morgan fingerprint density at radius 2 is 2.62 bits per heavy atom. The van der Waals surface area contributed by atoms with Gasteiger partial charge >= 0.3 is 0 Å². The number of rotatable bonds is 0. The van der Waals surface area contributed by atoms with Gasteiger partial charge in [0.05, 0.1) is 9.98 Å². The maximum atomic E-state index is 5.04. The first kappa shape index (κ1) is 5.80. The lowest BCUT2D eigenvalue weighted by molar-refractivity contribution is 1.38. The van der Waals surface area contributed by atoms with Gasteiger partial charge in [-0.1, -0.05) is 11.3 Å². The molecule has 0 aromatic carbocycles. The highest BCUT2D eigenvalue weighted by Gasteiger charge is 1.91. The fraction of sp³-hybridized carbons (Fsp3) is 0. The van der Waals surface area contributed by atoms with Gasteiger partial charge in [0, 0.05) is 0 Å². The van der Waals surface area contributed by atoms with Crippen molar-refractivity contribution in [3.05, 3.63) is 15.0 Å². The largest absolute Gasteiger partial charge is 0.235 e. The molecule has 0 unspecified atom stereocenters. The Balaban J connectivity index is 3.05. The van der Waals surface area contributed by atoms with Crippen LogP contribution in [0.3, 0.4) is 0 Å². The maximum absolute atomic E-state index is 5.04. The minimum absolute atomic E-state index is 0.719. The highest BCUT2D eigenvalue weighted by atomic mass is 79.9. The molecule has 0 N–H and O–H groups in total. The Bertz CT molecular complexity index is 223. The summed E-state index contributed by atoms with van der Waals surface area (Å²) in [5, 5.41) is 0.719. The number of hydrogen-bond donors (Lipinski definition) is 0. The van der Waals surface area contributed by atoms with Crippen molar-refractivity contribution in [2.75, 3.05) is 0 Å². The molecular weight excluding hydrogens is 186 g/mol. The van der Waals surface area contributed by atoms with Crippen molar-refractivity contribution in [3.63, 3.8) is 0 Å². The molecular formula is C5H2BrNS. The third kappa shape index (κ3) is 1.09. The van der Waals surface area contributed by atoms with Gasteiger partial charge in [0.15, 0.2) is 5.01 Å². The molecule has 0 bridgehead atoms. The van der Waals surface area contributed by atoms with E-state index in [2.05, 4.69) is 26.8 Å². The number of hydrogen-bond acceptors (Lipinski definition) is 2. The Labute approximate surface area is 59.9 Å². The minimum Gasteiger partial charge on any atom is -0.235 e. The fourth-order valence-electron chi connectivity index (χ4n) is 0.321. The molecule has 0 fully saturated rings. The first-order valence-corrected chi connectivity index (χ1v) is 3.52. The number of nitrogens with zero attached hydrogens (tertiary/aromatic N) is 1. The van der Waals surface area contributed by atoms with E-state index in [4.69, 9.17) is 6.42 Å². The fourth-order valence-corrected chi connectivity index (χ4v) is 1.34. The average molecular weight is 188 g/mol. The predicted octanol–water partition coefficient (Wildman–Crippen LogP) is 1.89. The molecule has 0 aliphatic rings. The summed E-state index contributed by atoms with van der Waals surface area (Å²) in [6, 6.07) is 0. The second-order valence-corrected chi connectivity index (χ2v) is 3.52. The highest BCUT2D eigenvalue weighted by Crippen LogP contribution is 2.17. The minimum atomic E-state index is 0.719. The zero-order chi connectivity index (χ0) is 5.98. The third-order valence-electron chi connectivity index (χ3n) is 0.601. The first-order valence-electron chi connectivity index (χ1n) is 1.91. The van der Waals surface area contributed by atoms with Gasteiger partial charge in [-0.15, -0.1) is 6.42 Å². The van der Waals surface area contributed by atoms with Crippen LogP contribution < -0.4 is 0 Å². The van der Waals surface area contributed by atoms with Gasteiger partial charge in [-0.05, 0) is 21.9 Å². The van der Waals surface area contributed by atoms with Crippen LogP contribution in [-0.4, -0.2) is 4.98 Å². The summed E-state index contributed by atoms with van der Waals surface area (Å²) in [5.74, 6) is 2.43.